The molecule has 6 N–H and O–H groups in total. The number of amides is 3. The third kappa shape index (κ3) is 7.46. The van der Waals surface area contributed by atoms with Crippen LogP contribution in [0.1, 0.15) is 35.6 Å². The predicted octanol–water partition coefficient (Wildman–Crippen LogP) is 2.53. The van der Waals surface area contributed by atoms with Crippen LogP contribution in [-0.2, 0) is 49.0 Å². The summed E-state index contributed by atoms with van der Waals surface area (Å²) in [7, 11) is -0.965. The topological polar surface area (TPSA) is 199 Å². The number of nitrogens with one attached hydrogen (secondary N) is 1. The Bertz CT molecular complexity index is 2290. The highest BCUT2D eigenvalue weighted by Crippen LogP contribution is 2.60. The molecule has 1 spiro atoms. The van der Waals surface area contributed by atoms with Crippen molar-refractivity contribution in [3.05, 3.63) is 119 Å². The number of rotatable bonds is 10. The van der Waals surface area contributed by atoms with E-state index in [2.05, 4.69) is 37.5 Å². The van der Waals surface area contributed by atoms with Crippen molar-refractivity contribution in [2.45, 2.75) is 99.9 Å². The van der Waals surface area contributed by atoms with Crippen molar-refractivity contribution in [3.63, 3.8) is 0 Å². The minimum atomic E-state index is -2.59. The van der Waals surface area contributed by atoms with E-state index in [4.69, 9.17) is 14.2 Å². The summed E-state index contributed by atoms with van der Waals surface area (Å²) in [6, 6.07) is 29.9. The minimum absolute atomic E-state index is 0.0195. The summed E-state index contributed by atoms with van der Waals surface area (Å²) in [4.78, 5) is 46.6. The number of fused-ring (bicyclic) bond motifs is 3. The highest BCUT2D eigenvalue weighted by molar-refractivity contribution is 6.91. The normalized spacial score (nSPS) is 29.7. The number of ether oxygens (including phenoxy) is 3. The highest BCUT2D eigenvalue weighted by Gasteiger charge is 2.66. The lowest BCUT2D eigenvalue weighted by Gasteiger charge is -2.39. The summed E-state index contributed by atoms with van der Waals surface area (Å²) < 4.78 is 17.8. The van der Waals surface area contributed by atoms with Gasteiger partial charge in [0.15, 0.2) is 18.0 Å². The van der Waals surface area contributed by atoms with Gasteiger partial charge < -0.3 is 54.9 Å². The molecule has 10 atom stereocenters. The van der Waals surface area contributed by atoms with E-state index in [0.717, 1.165) is 22.1 Å². The molecule has 4 aliphatic rings. The highest BCUT2D eigenvalue weighted by atomic mass is 28.3. The molecule has 14 nitrogen and oxygen atoms in total. The maximum atomic E-state index is 15.3. The van der Waals surface area contributed by atoms with Crippen LogP contribution in [0.3, 0.4) is 0 Å². The molecule has 61 heavy (non-hydrogen) atoms. The molecular formula is C46H53N3O11Si. The number of anilines is 2. The van der Waals surface area contributed by atoms with Gasteiger partial charge in [0, 0.05) is 23.7 Å². The van der Waals surface area contributed by atoms with Crippen molar-refractivity contribution in [1.82, 2.24) is 4.90 Å². The number of benzene rings is 4. The van der Waals surface area contributed by atoms with E-state index in [-0.39, 0.29) is 42.8 Å². The number of methoxy groups -OCH3 is 1. The van der Waals surface area contributed by atoms with Gasteiger partial charge in [0.2, 0.25) is 5.91 Å². The van der Waals surface area contributed by atoms with E-state index < -0.39 is 62.4 Å². The molecule has 8 rings (SSSR count). The van der Waals surface area contributed by atoms with Crippen LogP contribution in [0.15, 0.2) is 97.1 Å². The van der Waals surface area contributed by atoms with Crippen molar-refractivity contribution >= 4 is 42.4 Å². The molecule has 322 valence electrons. The number of carbonyl (C=O) groups excluding carboxylic acids is 3. The smallest absolute Gasteiger partial charge is 0.264 e. The fourth-order valence-electron chi connectivity index (χ4n) is 10.2. The van der Waals surface area contributed by atoms with Gasteiger partial charge in [-0.2, -0.15) is 0 Å². The zero-order valence-electron chi connectivity index (χ0n) is 34.5. The van der Waals surface area contributed by atoms with E-state index in [1.165, 1.54) is 0 Å². The molecule has 0 radical (unpaired) electrons. The largest absolute Gasteiger partial charge is 0.497 e. The molecule has 0 saturated carbocycles. The Hall–Kier alpha value is -4.97. The molecule has 2 saturated heterocycles. The van der Waals surface area contributed by atoms with Crippen LogP contribution < -0.4 is 20.1 Å². The number of aliphatic hydroxyl groups excluding tert-OH is 5. The van der Waals surface area contributed by atoms with Crippen LogP contribution in [0.2, 0.25) is 18.6 Å². The summed E-state index contributed by atoms with van der Waals surface area (Å²) in [5.74, 6) is -0.910. The molecule has 0 bridgehead atoms. The van der Waals surface area contributed by atoms with Gasteiger partial charge in [-0.1, -0.05) is 91.9 Å². The zero-order valence-corrected chi connectivity index (χ0v) is 35.5. The van der Waals surface area contributed by atoms with Crippen LogP contribution in [0.4, 0.5) is 11.4 Å². The minimum Gasteiger partial charge on any atom is -0.497 e. The third-order valence-electron chi connectivity index (χ3n) is 13.4. The number of aliphatic hydroxyl groups is 5. The molecule has 4 aliphatic heterocycles. The maximum absolute atomic E-state index is 15.3. The van der Waals surface area contributed by atoms with Crippen LogP contribution in [0, 0.1) is 5.92 Å². The summed E-state index contributed by atoms with van der Waals surface area (Å²) in [6.45, 7) is 6.86. The number of para-hydroxylation sites is 1. The first-order valence-corrected chi connectivity index (χ1v) is 23.8. The molecular weight excluding hydrogens is 799 g/mol. The van der Waals surface area contributed by atoms with E-state index in [0.29, 0.717) is 35.5 Å². The van der Waals surface area contributed by atoms with Crippen LogP contribution in [-0.4, -0.2) is 113 Å². The fourth-order valence-corrected chi connectivity index (χ4v) is 14.2. The molecule has 15 heteroatoms. The summed E-state index contributed by atoms with van der Waals surface area (Å²) in [6.07, 6.45) is -9.01. The second kappa shape index (κ2) is 16.7. The molecule has 0 aromatic heterocycles. The lowest BCUT2D eigenvalue weighted by molar-refractivity contribution is -0.274. The molecule has 4 heterocycles. The molecule has 4 aromatic rings. The fraction of sp³-hybridized carbons (Fsp3) is 0.413. The Morgan fingerprint density at radius 1 is 0.902 bits per heavy atom. The standard InChI is InChI=1S/C46H53N3O11Si/c1-26-42(61(3,4)33-18-16-32(58-2)17-19-33)36(22-37(51)48-24-29-12-6-5-11-28(29)21-31(48)25-50)60-46(26)34-14-7-8-15-35(34)49(45(46)57)23-27-10-9-13-30(20-27)47-43(55)41-39(53)38(52)40(54)44(56)59-41/h5-20,26,31,36,38-42,44,50,52-54,56H,21-25H2,1-4H3,(H,47,55)/t26-,31-,36+,38-,39-,40+,41-,42-,44+,46+/m0/s1. The average Bonchev–Trinajstić information content (AvgIpc) is 3.69. The van der Waals surface area contributed by atoms with Gasteiger partial charge in [-0.3, -0.25) is 14.4 Å². The van der Waals surface area contributed by atoms with Gasteiger partial charge in [0.1, 0.15) is 24.1 Å². The molecule has 3 amide bonds. The zero-order chi connectivity index (χ0) is 43.4. The number of hydrogen-bond acceptors (Lipinski definition) is 11. The van der Waals surface area contributed by atoms with Gasteiger partial charge >= 0.3 is 0 Å². The van der Waals surface area contributed by atoms with Gasteiger partial charge in [-0.25, -0.2) is 0 Å². The van der Waals surface area contributed by atoms with E-state index >= 15 is 4.79 Å². The van der Waals surface area contributed by atoms with Crippen molar-refractivity contribution in [1.29, 1.82) is 0 Å². The lowest BCUT2D eigenvalue weighted by atomic mass is 9.82. The average molecular weight is 852 g/mol. The second-order valence-electron chi connectivity index (χ2n) is 17.2. The first-order chi connectivity index (χ1) is 29.2. The van der Waals surface area contributed by atoms with Crippen molar-refractivity contribution in [2.24, 2.45) is 5.92 Å². The maximum Gasteiger partial charge on any atom is 0.264 e. The molecule has 0 unspecified atom stereocenters. The number of hydrogen-bond donors (Lipinski definition) is 6. The Morgan fingerprint density at radius 3 is 2.33 bits per heavy atom. The third-order valence-corrected chi connectivity index (χ3v) is 17.7. The van der Waals surface area contributed by atoms with Gasteiger partial charge in [0.05, 0.1) is 52.6 Å². The Labute approximate surface area is 355 Å². The summed E-state index contributed by atoms with van der Waals surface area (Å²) in [5, 5.41) is 54.6. The van der Waals surface area contributed by atoms with Crippen LogP contribution in [0.25, 0.3) is 0 Å². The first-order valence-electron chi connectivity index (χ1n) is 20.7. The van der Waals surface area contributed by atoms with E-state index in [1.807, 2.05) is 66.7 Å². The van der Waals surface area contributed by atoms with Crippen LogP contribution in [0.5, 0.6) is 5.75 Å². The van der Waals surface area contributed by atoms with Crippen molar-refractivity contribution in [2.75, 3.05) is 23.9 Å². The predicted molar refractivity (Wildman–Crippen MR) is 227 cm³/mol. The molecule has 2 fully saturated rings. The number of nitrogens with zero attached hydrogens (tertiary/aromatic N) is 2. The molecule has 4 aromatic carbocycles. The van der Waals surface area contributed by atoms with Gasteiger partial charge in [0.25, 0.3) is 11.8 Å². The SMILES string of the molecule is COc1ccc([Si](C)(C)[C@@H]2[C@@H](CC(=O)N3Cc4ccccc4C[C@H]3CO)O[C@]3(C(=O)N(Cc4cccc(NC(=O)[C@H]5O[C@@H](O)[C@H](O)[C@@H](O)[C@@H]5O)c4)c4ccccc43)[C@H]2C)cc1. The Kier molecular flexibility index (Phi) is 11.7. The van der Waals surface area contributed by atoms with Gasteiger partial charge in [-0.05, 0) is 59.0 Å². The van der Waals surface area contributed by atoms with Crippen LogP contribution >= 0.6 is 0 Å². The summed E-state index contributed by atoms with van der Waals surface area (Å²) in [5.41, 5.74) is 2.84. The monoisotopic (exact) mass is 851 g/mol. The van der Waals surface area contributed by atoms with E-state index in [9.17, 15) is 35.1 Å². The second-order valence-corrected chi connectivity index (χ2v) is 21.9. The Balaban J connectivity index is 1.11. The summed E-state index contributed by atoms with van der Waals surface area (Å²) >= 11 is 0. The van der Waals surface area contributed by atoms with Crippen molar-refractivity contribution < 1.29 is 54.1 Å². The number of carbonyl (C=O) groups is 3. The lowest BCUT2D eigenvalue weighted by Crippen LogP contribution is -2.60. The first kappa shape index (κ1) is 42.7. The van der Waals surface area contributed by atoms with Gasteiger partial charge in [-0.15, -0.1) is 0 Å². The van der Waals surface area contributed by atoms with Crippen molar-refractivity contribution in [3.8, 4) is 5.75 Å². The Morgan fingerprint density at radius 2 is 1.61 bits per heavy atom. The van der Waals surface area contributed by atoms with E-state index in [1.54, 1.807) is 35.1 Å². The molecule has 0 aliphatic carbocycles. The quantitative estimate of drug-likeness (QED) is 0.128.